The summed E-state index contributed by atoms with van der Waals surface area (Å²) in [5.41, 5.74) is 5.46. The smallest absolute Gasteiger partial charge is 0.328 e. The number of aliphatic carboxylic acids is 2. The second kappa shape index (κ2) is 13.9. The fourth-order valence-electron chi connectivity index (χ4n) is 5.10. The number of nitrogens with zero attached hydrogens (tertiary/aromatic N) is 2. The van der Waals surface area contributed by atoms with Crippen LogP contribution in [0.15, 0.2) is 89.8 Å². The number of carboxylic acids is 2. The molecule has 0 aliphatic carbocycles. The van der Waals surface area contributed by atoms with Gasteiger partial charge in [0.15, 0.2) is 0 Å². The third-order valence-corrected chi connectivity index (χ3v) is 8.05. The molecular weight excluding hydrogens is 512 g/mol. The molecule has 0 amide bonds. The zero-order chi connectivity index (χ0) is 27.6. The molecule has 3 aromatic rings. The first kappa shape index (κ1) is 28.3. The zero-order valence-electron chi connectivity index (χ0n) is 22.0. The van der Waals surface area contributed by atoms with Crippen LogP contribution in [0.4, 0.5) is 11.4 Å². The summed E-state index contributed by atoms with van der Waals surface area (Å²) < 4.78 is 5.57. The van der Waals surface area contributed by atoms with Gasteiger partial charge in [0.05, 0.1) is 12.8 Å². The van der Waals surface area contributed by atoms with E-state index in [4.69, 9.17) is 14.9 Å². The molecule has 0 bridgehead atoms. The Hall–Kier alpha value is -3.75. The van der Waals surface area contributed by atoms with E-state index in [9.17, 15) is 9.59 Å². The van der Waals surface area contributed by atoms with Crippen LogP contribution in [-0.2, 0) is 21.8 Å². The summed E-state index contributed by atoms with van der Waals surface area (Å²) in [5.74, 6) is -0.475. The van der Waals surface area contributed by atoms with Crippen molar-refractivity contribution in [2.75, 3.05) is 31.6 Å². The third-order valence-electron chi connectivity index (χ3n) is 6.94. The second-order valence-corrected chi connectivity index (χ2v) is 10.4. The van der Waals surface area contributed by atoms with Crippen LogP contribution in [0.2, 0.25) is 0 Å². The highest BCUT2D eigenvalue weighted by atomic mass is 32.2. The average molecular weight is 547 g/mol. The van der Waals surface area contributed by atoms with Crippen molar-refractivity contribution >= 4 is 35.1 Å². The first-order chi connectivity index (χ1) is 19.0. The Labute approximate surface area is 233 Å². The van der Waals surface area contributed by atoms with Crippen LogP contribution in [0.25, 0.3) is 0 Å². The van der Waals surface area contributed by atoms with Crippen molar-refractivity contribution in [1.29, 1.82) is 0 Å². The summed E-state index contributed by atoms with van der Waals surface area (Å²) in [6.45, 7) is 3.31. The lowest BCUT2D eigenvalue weighted by molar-refractivity contribution is -0.134. The van der Waals surface area contributed by atoms with Gasteiger partial charge in [0.25, 0.3) is 0 Å². The summed E-state index contributed by atoms with van der Waals surface area (Å²) >= 11 is 1.96. The number of fused-ring (bicyclic) bond motifs is 2. The molecule has 1 atom stereocenters. The monoisotopic (exact) mass is 546 g/mol. The Kier molecular flexibility index (Phi) is 10.1. The lowest BCUT2D eigenvalue weighted by Crippen LogP contribution is -2.39. The second-order valence-electron chi connectivity index (χ2n) is 9.40. The van der Waals surface area contributed by atoms with Crippen molar-refractivity contribution in [2.45, 2.75) is 36.0 Å². The molecule has 0 spiro atoms. The van der Waals surface area contributed by atoms with Gasteiger partial charge in [-0.3, -0.25) is 4.90 Å². The minimum absolute atomic E-state index is 0.558. The van der Waals surface area contributed by atoms with Crippen LogP contribution in [0.5, 0.6) is 5.75 Å². The van der Waals surface area contributed by atoms with E-state index in [2.05, 4.69) is 76.5 Å². The first-order valence-corrected chi connectivity index (χ1v) is 14.0. The quantitative estimate of drug-likeness (QED) is 0.340. The summed E-state index contributed by atoms with van der Waals surface area (Å²) in [5, 5.41) is 15.6. The average Bonchev–Trinajstić information content (AvgIpc) is 3.33. The lowest BCUT2D eigenvalue weighted by Gasteiger charge is -2.33. The van der Waals surface area contributed by atoms with Crippen LogP contribution < -0.4 is 9.64 Å². The van der Waals surface area contributed by atoms with Gasteiger partial charge < -0.3 is 19.8 Å². The van der Waals surface area contributed by atoms with Crippen molar-refractivity contribution in [3.8, 4) is 5.75 Å². The molecule has 8 heteroatoms. The number of rotatable bonds is 8. The first-order valence-electron chi connectivity index (χ1n) is 13.0. The van der Waals surface area contributed by atoms with Gasteiger partial charge in [-0.2, -0.15) is 0 Å². The van der Waals surface area contributed by atoms with Crippen LogP contribution >= 0.6 is 11.8 Å². The summed E-state index contributed by atoms with van der Waals surface area (Å²) in [4.78, 5) is 25.8. The molecule has 2 aliphatic heterocycles. The number of hydrogen-bond acceptors (Lipinski definition) is 6. The van der Waals surface area contributed by atoms with Gasteiger partial charge in [0.2, 0.25) is 0 Å². The number of ether oxygens (including phenoxy) is 1. The maximum Gasteiger partial charge on any atom is 0.328 e. The van der Waals surface area contributed by atoms with E-state index in [-0.39, 0.29) is 0 Å². The van der Waals surface area contributed by atoms with E-state index in [1.54, 1.807) is 7.11 Å². The van der Waals surface area contributed by atoms with Crippen molar-refractivity contribution in [2.24, 2.45) is 0 Å². The minimum Gasteiger partial charge on any atom is -0.496 e. The molecule has 204 valence electrons. The van der Waals surface area contributed by atoms with Gasteiger partial charge in [-0.1, -0.05) is 48.5 Å². The molecule has 39 heavy (non-hydrogen) atoms. The van der Waals surface area contributed by atoms with Crippen molar-refractivity contribution in [1.82, 2.24) is 4.90 Å². The fourth-order valence-corrected chi connectivity index (χ4v) is 6.16. The molecule has 0 saturated carbocycles. The van der Waals surface area contributed by atoms with Crippen molar-refractivity contribution in [3.63, 3.8) is 0 Å². The molecule has 0 unspecified atom stereocenters. The molecule has 0 aromatic heterocycles. The highest BCUT2D eigenvalue weighted by molar-refractivity contribution is 7.98. The molecule has 2 heterocycles. The normalized spacial score (nSPS) is 16.5. The number of thioether (sulfide) groups is 1. The van der Waals surface area contributed by atoms with Gasteiger partial charge in [0.1, 0.15) is 5.75 Å². The van der Waals surface area contributed by atoms with Crippen molar-refractivity contribution < 1.29 is 24.5 Å². The van der Waals surface area contributed by atoms with Crippen LogP contribution in [-0.4, -0.2) is 59.8 Å². The highest BCUT2D eigenvalue weighted by Crippen LogP contribution is 2.43. The molecule has 7 nitrogen and oxygen atoms in total. The molecule has 1 saturated heterocycles. The van der Waals surface area contributed by atoms with Gasteiger partial charge in [-0.15, -0.1) is 11.8 Å². The minimum atomic E-state index is -1.26. The number of hydrogen-bond donors (Lipinski definition) is 2. The third kappa shape index (κ3) is 7.65. The molecule has 2 N–H and O–H groups in total. The zero-order valence-corrected chi connectivity index (χ0v) is 22.8. The number of para-hydroxylation sites is 3. The Morgan fingerprint density at radius 3 is 2.36 bits per heavy atom. The van der Waals surface area contributed by atoms with Crippen LogP contribution in [0.3, 0.4) is 0 Å². The van der Waals surface area contributed by atoms with Gasteiger partial charge in [-0.25, -0.2) is 9.59 Å². The number of carbonyl (C=O) groups is 2. The molecule has 0 radical (unpaired) electrons. The van der Waals surface area contributed by atoms with Gasteiger partial charge in [-0.05, 0) is 61.2 Å². The van der Waals surface area contributed by atoms with Gasteiger partial charge in [0, 0.05) is 47.6 Å². The predicted octanol–water partition coefficient (Wildman–Crippen LogP) is 5.86. The largest absolute Gasteiger partial charge is 0.496 e. The van der Waals surface area contributed by atoms with E-state index in [1.807, 2.05) is 17.8 Å². The number of methoxy groups -OCH3 is 1. The highest BCUT2D eigenvalue weighted by Gasteiger charge is 2.29. The van der Waals surface area contributed by atoms with E-state index in [0.717, 1.165) is 31.0 Å². The van der Waals surface area contributed by atoms with E-state index in [1.165, 1.54) is 46.8 Å². The van der Waals surface area contributed by atoms with Gasteiger partial charge >= 0.3 is 11.9 Å². The summed E-state index contributed by atoms with van der Waals surface area (Å²) in [6, 6.07) is 26.8. The predicted molar refractivity (Wildman–Crippen MR) is 155 cm³/mol. The Morgan fingerprint density at radius 2 is 1.62 bits per heavy atom. The van der Waals surface area contributed by atoms with E-state index in [0.29, 0.717) is 18.2 Å². The summed E-state index contributed by atoms with van der Waals surface area (Å²) in [7, 11) is 1.77. The fraction of sp³-hybridized carbons (Fsp3) is 0.290. The maximum atomic E-state index is 9.55. The SMILES string of the molecule is COc1ccccc1CCN1CCC[C@H]1CN1c2ccccc2CSc2ccccc21.O=C(O)C=CC(=O)O. The molecular formula is C31H34N2O5S. The Morgan fingerprint density at radius 1 is 0.949 bits per heavy atom. The lowest BCUT2D eigenvalue weighted by atomic mass is 10.1. The van der Waals surface area contributed by atoms with E-state index >= 15 is 0 Å². The number of carboxylic acid groups (broad SMARTS) is 2. The Balaban J connectivity index is 0.000000386. The standard InChI is InChI=1S/C27H30N2OS.C4H4O4/c1-30-26-14-6-3-9-21(26)16-18-28-17-8-11-23(28)19-29-24-12-4-2-10-22(24)20-31-27-15-7-5-13-25(27)29;5-3(6)1-2-4(7)8/h2-7,9-10,12-15,23H,8,11,16-20H2,1H3;1-2H,(H,5,6)(H,7,8)/t23-;/m0./s1. The topological polar surface area (TPSA) is 90.3 Å². The number of anilines is 2. The molecule has 2 aliphatic rings. The molecule has 3 aromatic carbocycles. The van der Waals surface area contributed by atoms with Crippen molar-refractivity contribution in [3.05, 3.63) is 96.1 Å². The molecule has 1 fully saturated rings. The van der Waals surface area contributed by atoms with Crippen LogP contribution in [0, 0.1) is 0 Å². The number of benzene rings is 3. The summed E-state index contributed by atoms with van der Waals surface area (Å²) in [6.07, 6.45) is 4.69. The number of likely N-dealkylation sites (tertiary alicyclic amines) is 1. The maximum absolute atomic E-state index is 9.55. The Bertz CT molecular complexity index is 1250. The van der Waals surface area contributed by atoms with E-state index < -0.39 is 11.9 Å². The molecule has 5 rings (SSSR count). The van der Waals surface area contributed by atoms with Crippen LogP contribution in [0.1, 0.15) is 24.0 Å².